The number of aryl methyl sites for hydroxylation is 2. The summed E-state index contributed by atoms with van der Waals surface area (Å²) in [5.41, 5.74) is 7.44. The van der Waals surface area contributed by atoms with Gasteiger partial charge in [-0.15, -0.1) is 0 Å². The van der Waals surface area contributed by atoms with Crippen molar-refractivity contribution in [1.82, 2.24) is 0 Å². The molecular formula is C27H24BrNO3. The molecule has 0 aliphatic heterocycles. The highest BCUT2D eigenvalue weighted by Gasteiger charge is 2.15. The molecule has 0 saturated carbocycles. The van der Waals surface area contributed by atoms with Crippen LogP contribution < -0.4 is 10.1 Å². The number of halogens is 1. The number of fused-ring (bicyclic) bond motifs is 1. The molecule has 0 bridgehead atoms. The number of ether oxygens (including phenoxy) is 1. The second-order valence-corrected chi connectivity index (χ2v) is 8.76. The fourth-order valence-corrected chi connectivity index (χ4v) is 4.17. The maximum atomic E-state index is 12.7. The average Bonchev–Trinajstić information content (AvgIpc) is 3.18. The first-order valence-electron chi connectivity index (χ1n) is 10.3. The number of hydrogen-bond acceptors (Lipinski definition) is 3. The molecule has 4 aromatic rings. The lowest BCUT2D eigenvalue weighted by atomic mass is 9.99. The van der Waals surface area contributed by atoms with Crippen molar-refractivity contribution in [2.75, 3.05) is 12.4 Å². The number of amides is 1. The number of furan rings is 1. The number of allylic oxidation sites excluding steroid dienone is 1. The van der Waals surface area contributed by atoms with Crippen LogP contribution in [0.3, 0.4) is 0 Å². The van der Waals surface area contributed by atoms with E-state index in [1.165, 1.54) is 5.56 Å². The summed E-state index contributed by atoms with van der Waals surface area (Å²) >= 11 is 3.45. The SMILES string of the molecule is COc1cc2occ(-c3ccc(C)cc3)c2cc1/C(C)=C/C(=O)Nc1ccc(Br)cc1C. The Morgan fingerprint density at radius 3 is 2.50 bits per heavy atom. The van der Waals surface area contributed by atoms with Crippen molar-refractivity contribution < 1.29 is 13.9 Å². The first kappa shape index (κ1) is 21.9. The van der Waals surface area contributed by atoms with Gasteiger partial charge in [-0.05, 0) is 61.7 Å². The largest absolute Gasteiger partial charge is 0.496 e. The molecule has 1 aromatic heterocycles. The van der Waals surface area contributed by atoms with E-state index in [0.29, 0.717) is 5.75 Å². The number of rotatable bonds is 5. The predicted octanol–water partition coefficient (Wildman–Crippen LogP) is 7.53. The number of hydrogen-bond donors (Lipinski definition) is 1. The maximum absolute atomic E-state index is 12.7. The Morgan fingerprint density at radius 1 is 1.06 bits per heavy atom. The molecule has 162 valence electrons. The molecule has 4 nitrogen and oxygen atoms in total. The minimum atomic E-state index is -0.193. The number of carbonyl (C=O) groups is 1. The van der Waals surface area contributed by atoms with Crippen LogP contribution in [0, 0.1) is 13.8 Å². The van der Waals surface area contributed by atoms with Gasteiger partial charge in [0.15, 0.2) is 0 Å². The lowest BCUT2D eigenvalue weighted by molar-refractivity contribution is -0.111. The van der Waals surface area contributed by atoms with Gasteiger partial charge in [0.05, 0.1) is 13.4 Å². The molecule has 0 aliphatic rings. The van der Waals surface area contributed by atoms with Crippen molar-refractivity contribution in [3.8, 4) is 16.9 Å². The van der Waals surface area contributed by atoms with Crippen molar-refractivity contribution in [1.29, 1.82) is 0 Å². The number of methoxy groups -OCH3 is 1. The Kier molecular flexibility index (Phi) is 6.19. The Labute approximate surface area is 196 Å². The first-order valence-corrected chi connectivity index (χ1v) is 11.1. The van der Waals surface area contributed by atoms with E-state index < -0.39 is 0 Å². The fourth-order valence-electron chi connectivity index (χ4n) is 3.70. The minimum absolute atomic E-state index is 0.193. The quantitative estimate of drug-likeness (QED) is 0.294. The normalized spacial score (nSPS) is 11.6. The van der Waals surface area contributed by atoms with Crippen molar-refractivity contribution in [3.63, 3.8) is 0 Å². The molecule has 5 heteroatoms. The minimum Gasteiger partial charge on any atom is -0.496 e. The van der Waals surface area contributed by atoms with Gasteiger partial charge >= 0.3 is 0 Å². The van der Waals surface area contributed by atoms with Crippen molar-refractivity contribution in [3.05, 3.63) is 88.1 Å². The molecule has 0 unspecified atom stereocenters. The molecule has 0 saturated heterocycles. The van der Waals surface area contributed by atoms with E-state index in [0.717, 1.165) is 49.0 Å². The van der Waals surface area contributed by atoms with Gasteiger partial charge in [0.25, 0.3) is 0 Å². The van der Waals surface area contributed by atoms with Gasteiger partial charge in [0.1, 0.15) is 11.3 Å². The van der Waals surface area contributed by atoms with E-state index in [-0.39, 0.29) is 5.91 Å². The van der Waals surface area contributed by atoms with Gasteiger partial charge in [-0.3, -0.25) is 4.79 Å². The molecule has 32 heavy (non-hydrogen) atoms. The molecule has 0 fully saturated rings. The second kappa shape index (κ2) is 9.05. The third-order valence-corrected chi connectivity index (χ3v) is 5.97. The summed E-state index contributed by atoms with van der Waals surface area (Å²) in [6, 6.07) is 18.0. The van der Waals surface area contributed by atoms with E-state index in [1.54, 1.807) is 19.4 Å². The van der Waals surface area contributed by atoms with Crippen LogP contribution in [0.5, 0.6) is 5.75 Å². The van der Waals surface area contributed by atoms with Crippen LogP contribution in [0.25, 0.3) is 27.7 Å². The zero-order chi connectivity index (χ0) is 22.8. The van der Waals surface area contributed by atoms with Gasteiger partial charge in [-0.25, -0.2) is 0 Å². The monoisotopic (exact) mass is 489 g/mol. The van der Waals surface area contributed by atoms with Crippen molar-refractivity contribution in [2.45, 2.75) is 20.8 Å². The molecule has 0 radical (unpaired) electrons. The van der Waals surface area contributed by atoms with Crippen LogP contribution >= 0.6 is 15.9 Å². The molecule has 1 N–H and O–H groups in total. The van der Waals surface area contributed by atoms with Gasteiger partial charge in [0.2, 0.25) is 5.91 Å². The highest BCUT2D eigenvalue weighted by molar-refractivity contribution is 9.10. The number of carbonyl (C=O) groups excluding carboxylic acids is 1. The van der Waals surface area contributed by atoms with Crippen LogP contribution in [0.2, 0.25) is 0 Å². The third kappa shape index (κ3) is 4.48. The summed E-state index contributed by atoms with van der Waals surface area (Å²) in [5.74, 6) is 0.463. The second-order valence-electron chi connectivity index (χ2n) is 7.84. The van der Waals surface area contributed by atoms with Crippen LogP contribution in [0.1, 0.15) is 23.6 Å². The van der Waals surface area contributed by atoms with Crippen LogP contribution in [0.4, 0.5) is 5.69 Å². The summed E-state index contributed by atoms with van der Waals surface area (Å²) < 4.78 is 12.4. The maximum Gasteiger partial charge on any atom is 0.248 e. The zero-order valence-electron chi connectivity index (χ0n) is 18.5. The third-order valence-electron chi connectivity index (χ3n) is 5.48. The summed E-state index contributed by atoms with van der Waals surface area (Å²) in [5, 5.41) is 3.93. The molecule has 1 amide bonds. The number of nitrogens with one attached hydrogen (secondary N) is 1. The van der Waals surface area contributed by atoms with Gasteiger partial charge < -0.3 is 14.5 Å². The van der Waals surface area contributed by atoms with Crippen LogP contribution in [-0.2, 0) is 4.79 Å². The highest BCUT2D eigenvalue weighted by atomic mass is 79.9. The van der Waals surface area contributed by atoms with E-state index in [9.17, 15) is 4.79 Å². The molecule has 0 atom stereocenters. The average molecular weight is 490 g/mol. The van der Waals surface area contributed by atoms with Crippen molar-refractivity contribution in [2.24, 2.45) is 0 Å². The van der Waals surface area contributed by atoms with E-state index in [1.807, 2.05) is 44.2 Å². The molecular weight excluding hydrogens is 466 g/mol. The molecule has 4 rings (SSSR count). The highest BCUT2D eigenvalue weighted by Crippen LogP contribution is 2.37. The Morgan fingerprint density at radius 2 is 1.81 bits per heavy atom. The molecule has 3 aromatic carbocycles. The van der Waals surface area contributed by atoms with Gasteiger partial charge in [-0.2, -0.15) is 0 Å². The Hall–Kier alpha value is -3.31. The Balaban J connectivity index is 1.70. The molecule has 0 aliphatic carbocycles. The standard InChI is InChI=1S/C27H24BrNO3/c1-16-5-7-19(8-6-16)23-15-32-26-14-25(31-4)21(13-22(23)26)17(2)12-27(30)29-24-10-9-20(28)11-18(24)3/h5-15H,1-4H3,(H,29,30)/b17-12+. The summed E-state index contributed by atoms with van der Waals surface area (Å²) in [6.45, 7) is 5.93. The number of anilines is 1. The van der Waals surface area contributed by atoms with Gasteiger partial charge in [-0.1, -0.05) is 45.8 Å². The Bertz CT molecular complexity index is 1330. The summed E-state index contributed by atoms with van der Waals surface area (Å²) in [4.78, 5) is 12.7. The zero-order valence-corrected chi connectivity index (χ0v) is 20.0. The smallest absolute Gasteiger partial charge is 0.248 e. The lowest BCUT2D eigenvalue weighted by Crippen LogP contribution is -2.09. The summed E-state index contributed by atoms with van der Waals surface area (Å²) in [7, 11) is 1.62. The van der Waals surface area contributed by atoms with Gasteiger partial charge in [0, 0.05) is 38.8 Å². The predicted molar refractivity (Wildman–Crippen MR) is 134 cm³/mol. The molecule has 0 spiro atoms. The fraction of sp³-hybridized carbons (Fsp3) is 0.148. The van der Waals surface area contributed by atoms with E-state index >= 15 is 0 Å². The van der Waals surface area contributed by atoms with Crippen LogP contribution in [-0.4, -0.2) is 13.0 Å². The lowest BCUT2D eigenvalue weighted by Gasteiger charge is -2.11. The first-order chi connectivity index (χ1) is 15.4. The topological polar surface area (TPSA) is 51.5 Å². The number of benzene rings is 3. The molecule has 1 heterocycles. The van der Waals surface area contributed by atoms with E-state index in [2.05, 4.69) is 52.4 Å². The summed E-state index contributed by atoms with van der Waals surface area (Å²) in [6.07, 6.45) is 3.36. The van der Waals surface area contributed by atoms with Crippen molar-refractivity contribution >= 4 is 44.1 Å². The van der Waals surface area contributed by atoms with Crippen LogP contribution in [0.15, 0.2) is 75.8 Å². The van der Waals surface area contributed by atoms with E-state index in [4.69, 9.17) is 9.15 Å².